The second-order valence-electron chi connectivity index (χ2n) is 7.64. The molecule has 3 aromatic rings. The van der Waals surface area contributed by atoms with Crippen LogP contribution >= 0.6 is 0 Å². The van der Waals surface area contributed by atoms with Crippen molar-refractivity contribution in [1.29, 1.82) is 0 Å². The predicted molar refractivity (Wildman–Crippen MR) is 128 cm³/mol. The zero-order valence-corrected chi connectivity index (χ0v) is 18.2. The van der Waals surface area contributed by atoms with Crippen molar-refractivity contribution in [3.05, 3.63) is 101 Å². The van der Waals surface area contributed by atoms with Crippen molar-refractivity contribution in [2.75, 3.05) is 13.2 Å². The van der Waals surface area contributed by atoms with Crippen molar-refractivity contribution < 1.29 is 19.5 Å². The second-order valence-corrected chi connectivity index (χ2v) is 7.64. The fourth-order valence-corrected chi connectivity index (χ4v) is 3.84. The van der Waals surface area contributed by atoms with Gasteiger partial charge in [0.15, 0.2) is 6.61 Å². The Bertz CT molecular complexity index is 1140. The van der Waals surface area contributed by atoms with E-state index in [2.05, 4.69) is 22.6 Å². The molecule has 33 heavy (non-hydrogen) atoms. The van der Waals surface area contributed by atoms with Crippen LogP contribution in [0.4, 0.5) is 0 Å². The minimum Gasteiger partial charge on any atom is -0.482 e. The van der Waals surface area contributed by atoms with E-state index in [0.717, 1.165) is 40.8 Å². The van der Waals surface area contributed by atoms with Gasteiger partial charge in [-0.3, -0.25) is 15.3 Å². The van der Waals surface area contributed by atoms with Gasteiger partial charge < -0.3 is 9.84 Å². The smallest absolute Gasteiger partial charge is 0.341 e. The first-order valence-corrected chi connectivity index (χ1v) is 10.9. The maximum Gasteiger partial charge on any atom is 0.341 e. The van der Waals surface area contributed by atoms with E-state index in [1.807, 2.05) is 60.7 Å². The second kappa shape index (κ2) is 11.1. The number of carbonyl (C=O) groups is 1. The van der Waals surface area contributed by atoms with Crippen LogP contribution in [0.15, 0.2) is 79.1 Å². The van der Waals surface area contributed by atoms with E-state index in [0.29, 0.717) is 18.8 Å². The average Bonchev–Trinajstić information content (AvgIpc) is 2.85. The number of hydroxylamine groups is 1. The zero-order chi connectivity index (χ0) is 22.9. The predicted octanol–water partition coefficient (Wildman–Crippen LogP) is 4.98. The van der Waals surface area contributed by atoms with Gasteiger partial charge in [-0.2, -0.15) is 0 Å². The highest BCUT2D eigenvalue weighted by molar-refractivity contribution is 5.79. The Kier molecular flexibility index (Phi) is 7.51. The quantitative estimate of drug-likeness (QED) is 0.340. The Balaban J connectivity index is 1.41. The van der Waals surface area contributed by atoms with Crippen LogP contribution in [0.5, 0.6) is 5.75 Å². The number of carboxylic acids is 1. The van der Waals surface area contributed by atoms with Crippen molar-refractivity contribution in [2.24, 2.45) is 0 Å². The molecule has 0 unspecified atom stereocenters. The van der Waals surface area contributed by atoms with Gasteiger partial charge in [0.05, 0.1) is 12.3 Å². The van der Waals surface area contributed by atoms with E-state index in [1.165, 1.54) is 5.57 Å². The fourth-order valence-electron chi connectivity index (χ4n) is 3.84. The normalized spacial score (nSPS) is 13.1. The molecule has 1 heterocycles. The van der Waals surface area contributed by atoms with E-state index in [9.17, 15) is 4.79 Å². The van der Waals surface area contributed by atoms with Gasteiger partial charge in [0.1, 0.15) is 5.75 Å². The van der Waals surface area contributed by atoms with Crippen LogP contribution in [0, 0.1) is 0 Å². The number of allylic oxidation sites excluding steroid dienone is 1. The number of hydrogen-bond acceptors (Lipinski definition) is 5. The lowest BCUT2D eigenvalue weighted by atomic mass is 9.89. The summed E-state index contributed by atoms with van der Waals surface area (Å²) in [6, 6.07) is 19.7. The SMILES string of the molecule is O=C(O)COc1cccc2c1CCC=C2CCONC(=Cc1ccccc1)c1cccnc1. The number of fused-ring (bicyclic) bond motifs is 1. The van der Waals surface area contributed by atoms with Gasteiger partial charge in [0, 0.05) is 23.5 Å². The molecule has 6 nitrogen and oxygen atoms in total. The van der Waals surface area contributed by atoms with Crippen molar-refractivity contribution in [3.63, 3.8) is 0 Å². The number of ether oxygens (including phenoxy) is 1. The van der Waals surface area contributed by atoms with Crippen LogP contribution in [-0.2, 0) is 16.1 Å². The van der Waals surface area contributed by atoms with Crippen molar-refractivity contribution >= 4 is 23.3 Å². The first-order chi connectivity index (χ1) is 16.2. The first-order valence-electron chi connectivity index (χ1n) is 10.9. The summed E-state index contributed by atoms with van der Waals surface area (Å²) in [7, 11) is 0. The van der Waals surface area contributed by atoms with E-state index in [-0.39, 0.29) is 6.61 Å². The minimum absolute atomic E-state index is 0.340. The molecule has 1 aromatic heterocycles. The maximum absolute atomic E-state index is 10.9. The highest BCUT2D eigenvalue weighted by Crippen LogP contribution is 2.34. The highest BCUT2D eigenvalue weighted by Gasteiger charge is 2.17. The van der Waals surface area contributed by atoms with E-state index in [1.54, 1.807) is 12.4 Å². The Morgan fingerprint density at radius 2 is 1.97 bits per heavy atom. The molecule has 1 aliphatic carbocycles. The molecule has 0 aliphatic heterocycles. The molecule has 0 fully saturated rings. The van der Waals surface area contributed by atoms with Crippen molar-refractivity contribution in [3.8, 4) is 5.75 Å². The van der Waals surface area contributed by atoms with E-state index < -0.39 is 5.97 Å². The average molecular weight is 443 g/mol. The summed E-state index contributed by atoms with van der Waals surface area (Å²) >= 11 is 0. The Hall–Kier alpha value is -3.90. The van der Waals surface area contributed by atoms with Gasteiger partial charge in [-0.05, 0) is 60.2 Å². The molecular weight excluding hydrogens is 416 g/mol. The highest BCUT2D eigenvalue weighted by atomic mass is 16.6. The lowest BCUT2D eigenvalue weighted by Gasteiger charge is -2.21. The number of pyridine rings is 1. The fraction of sp³-hybridized carbons (Fsp3) is 0.185. The van der Waals surface area contributed by atoms with Gasteiger partial charge in [0.2, 0.25) is 0 Å². The molecule has 4 rings (SSSR count). The monoisotopic (exact) mass is 442 g/mol. The Labute approximate surface area is 193 Å². The minimum atomic E-state index is -0.980. The van der Waals surface area contributed by atoms with Crippen LogP contribution < -0.4 is 10.2 Å². The molecule has 0 bridgehead atoms. The third-order valence-corrected chi connectivity index (χ3v) is 5.35. The largest absolute Gasteiger partial charge is 0.482 e. The molecule has 168 valence electrons. The third-order valence-electron chi connectivity index (χ3n) is 5.35. The molecule has 0 saturated heterocycles. The standard InChI is InChI=1S/C27H26N2O4/c30-27(31)19-32-26-13-5-11-23-21(9-4-12-24(23)26)14-16-33-29-25(22-10-6-15-28-18-22)17-20-7-2-1-3-8-20/h1-3,5-11,13,15,17-18,29H,4,12,14,16,19H2,(H,30,31). The zero-order valence-electron chi connectivity index (χ0n) is 18.2. The van der Waals surface area contributed by atoms with Gasteiger partial charge >= 0.3 is 5.97 Å². The van der Waals surface area contributed by atoms with Gasteiger partial charge in [-0.1, -0.05) is 48.5 Å². The molecule has 2 aromatic carbocycles. The number of nitrogens with one attached hydrogen (secondary N) is 1. The number of rotatable bonds is 10. The summed E-state index contributed by atoms with van der Waals surface area (Å²) in [5.41, 5.74) is 9.25. The maximum atomic E-state index is 10.9. The molecule has 0 saturated carbocycles. The van der Waals surface area contributed by atoms with Gasteiger partial charge in [0.25, 0.3) is 0 Å². The summed E-state index contributed by atoms with van der Waals surface area (Å²) in [5.74, 6) is -0.337. The molecule has 1 aliphatic rings. The number of aromatic nitrogens is 1. The number of aliphatic carboxylic acids is 1. The number of carboxylic acid groups (broad SMARTS) is 1. The van der Waals surface area contributed by atoms with Crippen LogP contribution in [0.25, 0.3) is 17.3 Å². The van der Waals surface area contributed by atoms with Crippen LogP contribution in [-0.4, -0.2) is 29.3 Å². The van der Waals surface area contributed by atoms with Gasteiger partial charge in [-0.25, -0.2) is 4.79 Å². The summed E-state index contributed by atoms with van der Waals surface area (Å²) in [6.07, 6.45) is 10.2. The molecule has 0 atom stereocenters. The first kappa shape index (κ1) is 22.3. The van der Waals surface area contributed by atoms with Crippen LogP contribution in [0.2, 0.25) is 0 Å². The lowest BCUT2D eigenvalue weighted by molar-refractivity contribution is -0.139. The van der Waals surface area contributed by atoms with E-state index in [4.69, 9.17) is 14.7 Å². The molecular formula is C27H26N2O4. The third kappa shape index (κ3) is 6.08. The molecule has 0 amide bonds. The summed E-state index contributed by atoms with van der Waals surface area (Å²) in [4.78, 5) is 21.0. The number of nitrogens with zero attached hydrogens (tertiary/aromatic N) is 1. The molecule has 0 radical (unpaired) electrons. The number of hydrogen-bond donors (Lipinski definition) is 2. The molecule has 2 N–H and O–H groups in total. The van der Waals surface area contributed by atoms with Crippen molar-refractivity contribution in [2.45, 2.75) is 19.3 Å². The summed E-state index contributed by atoms with van der Waals surface area (Å²) in [5, 5.41) is 8.93. The molecule has 6 heteroatoms. The Morgan fingerprint density at radius 3 is 2.76 bits per heavy atom. The Morgan fingerprint density at radius 1 is 1.09 bits per heavy atom. The summed E-state index contributed by atoms with van der Waals surface area (Å²) < 4.78 is 5.49. The molecule has 0 spiro atoms. The van der Waals surface area contributed by atoms with Crippen LogP contribution in [0.1, 0.15) is 35.1 Å². The van der Waals surface area contributed by atoms with Gasteiger partial charge in [-0.15, -0.1) is 0 Å². The van der Waals surface area contributed by atoms with Crippen LogP contribution in [0.3, 0.4) is 0 Å². The number of benzene rings is 2. The summed E-state index contributed by atoms with van der Waals surface area (Å²) in [6.45, 7) is 0.130. The van der Waals surface area contributed by atoms with E-state index >= 15 is 0 Å². The van der Waals surface area contributed by atoms with Crippen molar-refractivity contribution in [1.82, 2.24) is 10.5 Å². The lowest BCUT2D eigenvalue weighted by Crippen LogP contribution is -2.15. The topological polar surface area (TPSA) is 80.7 Å².